The molecule has 2 aliphatic rings. The number of carbonyl (C=O) groups excluding carboxylic acids is 2. The molecule has 0 bridgehead atoms. The summed E-state index contributed by atoms with van der Waals surface area (Å²) in [6, 6.07) is 6.79. The molecule has 0 spiro atoms. The van der Waals surface area contributed by atoms with E-state index < -0.39 is 44.5 Å². The summed E-state index contributed by atoms with van der Waals surface area (Å²) >= 11 is 12.3. The van der Waals surface area contributed by atoms with Crippen LogP contribution in [-0.2, 0) is 25.8 Å². The second kappa shape index (κ2) is 9.33. The Labute approximate surface area is 213 Å². The number of nitrogens with zero attached hydrogens (tertiary/aromatic N) is 2. The van der Waals surface area contributed by atoms with Gasteiger partial charge in [0.2, 0.25) is 26.6 Å². The average molecular weight is 543 g/mol. The fourth-order valence-electron chi connectivity index (χ4n) is 4.59. The predicted octanol–water partition coefficient (Wildman–Crippen LogP) is 2.18. The van der Waals surface area contributed by atoms with Crippen LogP contribution >= 0.6 is 23.2 Å². The van der Waals surface area contributed by atoms with Crippen molar-refractivity contribution in [2.75, 3.05) is 13.1 Å². The second-order valence-electron chi connectivity index (χ2n) is 8.96. The number of nitrogens with one attached hydrogen (secondary N) is 1. The molecule has 3 unspecified atom stereocenters. The molecule has 3 N–H and O–H groups in total. The quantitative estimate of drug-likeness (QED) is 0.598. The lowest BCUT2D eigenvalue weighted by Crippen LogP contribution is -2.83. The van der Waals surface area contributed by atoms with Crippen molar-refractivity contribution < 1.29 is 22.4 Å². The smallest absolute Gasteiger partial charge is 0.246 e. The van der Waals surface area contributed by atoms with Crippen molar-refractivity contribution >= 4 is 44.9 Å². The van der Waals surface area contributed by atoms with Crippen molar-refractivity contribution in [1.82, 2.24) is 15.1 Å². The highest BCUT2D eigenvalue weighted by Gasteiger charge is 2.63. The van der Waals surface area contributed by atoms with Gasteiger partial charge >= 0.3 is 0 Å². The number of sulfone groups is 1. The summed E-state index contributed by atoms with van der Waals surface area (Å²) in [6.07, 6.45) is -0.0336. The van der Waals surface area contributed by atoms with Gasteiger partial charge < -0.3 is 10.6 Å². The molecule has 12 heteroatoms. The lowest BCUT2D eigenvalue weighted by atomic mass is 9.96. The third kappa shape index (κ3) is 4.31. The molecule has 4 rings (SSSR count). The van der Waals surface area contributed by atoms with E-state index in [0.717, 1.165) is 4.90 Å². The lowest BCUT2D eigenvalue weighted by Gasteiger charge is -2.56. The molecule has 2 aromatic rings. The summed E-state index contributed by atoms with van der Waals surface area (Å²) in [6.45, 7) is 3.06. The second-order valence-corrected chi connectivity index (χ2v) is 11.9. The Balaban J connectivity index is 1.92. The SMILES string of the molecule is CC(C)N1CC2(S(=O)(=O)c3ccc(Cl)cc3Cl)NCC(N)C(=O)N2C(Cc2ccc(F)cc2)C1=O. The van der Waals surface area contributed by atoms with Crippen molar-refractivity contribution in [2.24, 2.45) is 5.73 Å². The highest BCUT2D eigenvalue weighted by Crippen LogP contribution is 2.40. The Kier molecular flexibility index (Phi) is 6.89. The van der Waals surface area contributed by atoms with Gasteiger partial charge in [-0.1, -0.05) is 35.3 Å². The van der Waals surface area contributed by atoms with E-state index in [4.69, 9.17) is 28.9 Å². The van der Waals surface area contributed by atoms with Crippen LogP contribution in [0.5, 0.6) is 0 Å². The summed E-state index contributed by atoms with van der Waals surface area (Å²) in [4.78, 5) is 27.3. The van der Waals surface area contributed by atoms with Crippen LogP contribution in [0.1, 0.15) is 19.4 Å². The van der Waals surface area contributed by atoms with Gasteiger partial charge in [0.25, 0.3) is 0 Å². The molecular formula is C23H25Cl2FN4O4S. The fraction of sp³-hybridized carbons (Fsp3) is 0.391. The monoisotopic (exact) mass is 542 g/mol. The molecule has 0 aliphatic carbocycles. The number of hydrogen-bond donors (Lipinski definition) is 2. The Hall–Kier alpha value is -2.24. The van der Waals surface area contributed by atoms with Crippen molar-refractivity contribution in [1.29, 1.82) is 0 Å². The first kappa shape index (κ1) is 25.8. The molecule has 8 nitrogen and oxygen atoms in total. The van der Waals surface area contributed by atoms with E-state index in [2.05, 4.69) is 5.32 Å². The molecule has 0 saturated carbocycles. The molecule has 3 atom stereocenters. The van der Waals surface area contributed by atoms with Crippen molar-refractivity contribution in [3.05, 3.63) is 63.9 Å². The molecule has 0 radical (unpaired) electrons. The number of halogens is 3. The van der Waals surface area contributed by atoms with E-state index in [-0.39, 0.29) is 40.5 Å². The van der Waals surface area contributed by atoms with Gasteiger partial charge in [0.1, 0.15) is 11.9 Å². The van der Waals surface area contributed by atoms with Crippen LogP contribution in [0.15, 0.2) is 47.4 Å². The molecule has 2 heterocycles. The van der Waals surface area contributed by atoms with Gasteiger partial charge in [0, 0.05) is 24.0 Å². The minimum absolute atomic E-state index is 0.0336. The van der Waals surface area contributed by atoms with Crippen LogP contribution in [-0.4, -0.2) is 66.2 Å². The molecule has 0 aromatic heterocycles. The molecule has 2 amide bonds. The molecule has 2 saturated heterocycles. The van der Waals surface area contributed by atoms with Gasteiger partial charge in [-0.05, 0) is 49.7 Å². The van der Waals surface area contributed by atoms with Gasteiger partial charge in [-0.15, -0.1) is 0 Å². The fourth-order valence-corrected chi connectivity index (χ4v) is 7.29. The number of benzene rings is 2. The Morgan fingerprint density at radius 1 is 1.14 bits per heavy atom. The first-order valence-corrected chi connectivity index (χ1v) is 13.2. The zero-order valence-electron chi connectivity index (χ0n) is 19.0. The van der Waals surface area contributed by atoms with E-state index >= 15 is 0 Å². The lowest BCUT2D eigenvalue weighted by molar-refractivity contribution is -0.166. The molecule has 188 valence electrons. The van der Waals surface area contributed by atoms with Crippen LogP contribution in [0.2, 0.25) is 10.0 Å². The van der Waals surface area contributed by atoms with E-state index in [1.807, 2.05) is 0 Å². The van der Waals surface area contributed by atoms with Crippen molar-refractivity contribution in [2.45, 2.75) is 48.3 Å². The molecule has 35 heavy (non-hydrogen) atoms. The van der Waals surface area contributed by atoms with Gasteiger partial charge in [0.05, 0.1) is 22.5 Å². The van der Waals surface area contributed by atoms with E-state index in [0.29, 0.717) is 5.56 Å². The normalized spacial score (nSPS) is 25.2. The topological polar surface area (TPSA) is 113 Å². The van der Waals surface area contributed by atoms with Crippen LogP contribution in [0.25, 0.3) is 0 Å². The Morgan fingerprint density at radius 2 is 1.80 bits per heavy atom. The van der Waals surface area contributed by atoms with E-state index in [1.54, 1.807) is 13.8 Å². The van der Waals surface area contributed by atoms with Crippen LogP contribution in [0.4, 0.5) is 4.39 Å². The highest BCUT2D eigenvalue weighted by molar-refractivity contribution is 7.93. The summed E-state index contributed by atoms with van der Waals surface area (Å²) in [5, 5.41) is 3.11. The summed E-state index contributed by atoms with van der Waals surface area (Å²) < 4.78 is 42.0. The van der Waals surface area contributed by atoms with Crippen LogP contribution < -0.4 is 11.1 Å². The van der Waals surface area contributed by atoms with Gasteiger partial charge in [-0.3, -0.25) is 19.8 Å². The molecule has 2 aromatic carbocycles. The zero-order valence-corrected chi connectivity index (χ0v) is 21.4. The minimum Gasteiger partial charge on any atom is -0.334 e. The first-order chi connectivity index (χ1) is 16.4. The molecule has 2 fully saturated rings. The van der Waals surface area contributed by atoms with Crippen LogP contribution in [0.3, 0.4) is 0 Å². The van der Waals surface area contributed by atoms with Crippen molar-refractivity contribution in [3.63, 3.8) is 0 Å². The largest absolute Gasteiger partial charge is 0.334 e. The Morgan fingerprint density at radius 3 is 2.40 bits per heavy atom. The number of carbonyl (C=O) groups is 2. The zero-order chi connectivity index (χ0) is 25.7. The third-order valence-corrected chi connectivity index (χ3v) is 9.35. The van der Waals surface area contributed by atoms with Gasteiger partial charge in [0.15, 0.2) is 0 Å². The third-order valence-electron chi connectivity index (χ3n) is 6.40. The standard InChI is InChI=1S/C23H25Cl2FN4O4S/c1-13(2)29-12-23(35(33,34)20-8-5-15(24)10-17(20)25)28-11-18(27)21(31)30(23)19(22(29)32)9-14-3-6-16(26)7-4-14/h3-8,10,13,18-19,28H,9,11-12,27H2,1-2H3. The molecule has 2 aliphatic heterocycles. The molecular weight excluding hydrogens is 518 g/mol. The number of piperazine rings is 1. The number of rotatable bonds is 5. The van der Waals surface area contributed by atoms with E-state index in [9.17, 15) is 22.4 Å². The maximum atomic E-state index is 14.2. The van der Waals surface area contributed by atoms with Crippen molar-refractivity contribution in [3.8, 4) is 0 Å². The maximum absolute atomic E-state index is 14.2. The minimum atomic E-state index is -4.42. The average Bonchev–Trinajstić information content (AvgIpc) is 2.78. The van der Waals surface area contributed by atoms with Gasteiger partial charge in [-0.25, -0.2) is 12.8 Å². The number of fused-ring (bicyclic) bond motifs is 1. The Bertz CT molecular complexity index is 1270. The van der Waals surface area contributed by atoms with E-state index in [1.165, 1.54) is 47.4 Å². The predicted molar refractivity (Wildman–Crippen MR) is 130 cm³/mol. The number of hydrogen-bond acceptors (Lipinski definition) is 6. The highest BCUT2D eigenvalue weighted by atomic mass is 35.5. The summed E-state index contributed by atoms with van der Waals surface area (Å²) in [7, 11) is -4.42. The van der Waals surface area contributed by atoms with Gasteiger partial charge in [-0.2, -0.15) is 0 Å². The number of amides is 2. The maximum Gasteiger partial charge on any atom is 0.246 e. The van der Waals surface area contributed by atoms with Crippen LogP contribution in [0, 0.1) is 5.82 Å². The number of nitrogens with two attached hydrogens (primary N) is 1. The summed E-state index contributed by atoms with van der Waals surface area (Å²) in [5.41, 5.74) is 6.58. The first-order valence-electron chi connectivity index (χ1n) is 11.0. The summed E-state index contributed by atoms with van der Waals surface area (Å²) in [5.74, 6) is -1.57.